The minimum atomic E-state index is -0.742. The summed E-state index contributed by atoms with van der Waals surface area (Å²) in [6.07, 6.45) is 2.71. The van der Waals surface area contributed by atoms with Gasteiger partial charge in [-0.25, -0.2) is 4.98 Å². The maximum Gasteiger partial charge on any atom is 0.236 e. The average Bonchev–Trinajstić information content (AvgIpc) is 3.18. The Morgan fingerprint density at radius 3 is 2.82 bits per heavy atom. The molecule has 1 saturated carbocycles. The van der Waals surface area contributed by atoms with Crippen molar-refractivity contribution in [1.29, 1.82) is 0 Å². The lowest BCUT2D eigenvalue weighted by atomic mass is 10.1. The average molecular weight is 338 g/mol. The first-order chi connectivity index (χ1) is 10.5. The lowest BCUT2D eigenvalue weighted by Gasteiger charge is -1.99. The fraction of sp³-hybridized carbons (Fsp3) is 0.286. The third-order valence-corrected chi connectivity index (χ3v) is 4.60. The number of benzene rings is 1. The summed E-state index contributed by atoms with van der Waals surface area (Å²) in [6.45, 7) is 0. The number of amides is 1. The van der Waals surface area contributed by atoms with Crippen molar-refractivity contribution < 1.29 is 9.72 Å². The van der Waals surface area contributed by atoms with Crippen molar-refractivity contribution in [2.75, 3.05) is 5.32 Å². The lowest BCUT2D eigenvalue weighted by molar-refractivity contribution is -0.497. The Hall–Kier alpha value is -1.99. The summed E-state index contributed by atoms with van der Waals surface area (Å²) in [7, 11) is 0. The third kappa shape index (κ3) is 3.42. The van der Waals surface area contributed by atoms with Crippen molar-refractivity contribution in [3.05, 3.63) is 56.0 Å². The number of nitrogens with zero attached hydrogens (tertiary/aromatic N) is 2. The smallest absolute Gasteiger partial charge is 0.236 e. The summed E-state index contributed by atoms with van der Waals surface area (Å²) in [5.41, 5.74) is 1.10. The van der Waals surface area contributed by atoms with Gasteiger partial charge in [-0.1, -0.05) is 23.7 Å². The second-order valence-corrected chi connectivity index (χ2v) is 6.67. The number of carbonyl (C=O) groups excluding carboxylic acids is 1. The van der Waals surface area contributed by atoms with Gasteiger partial charge in [0.15, 0.2) is 5.13 Å². The van der Waals surface area contributed by atoms with Crippen molar-refractivity contribution in [3.63, 3.8) is 0 Å². The number of halogens is 1. The number of thiazole rings is 1. The number of rotatable bonds is 5. The summed E-state index contributed by atoms with van der Waals surface area (Å²) < 4.78 is 0. The summed E-state index contributed by atoms with van der Waals surface area (Å²) >= 11 is 7.21. The van der Waals surface area contributed by atoms with E-state index in [0.717, 1.165) is 10.4 Å². The van der Waals surface area contributed by atoms with Crippen LogP contribution in [-0.2, 0) is 11.2 Å². The Morgan fingerprint density at radius 2 is 2.18 bits per heavy atom. The molecular weight excluding hydrogens is 326 g/mol. The van der Waals surface area contributed by atoms with E-state index < -0.39 is 16.9 Å². The minimum absolute atomic E-state index is 0.307. The Balaban J connectivity index is 1.58. The van der Waals surface area contributed by atoms with E-state index in [9.17, 15) is 14.9 Å². The summed E-state index contributed by atoms with van der Waals surface area (Å²) in [5, 5.41) is 14.4. The summed E-state index contributed by atoms with van der Waals surface area (Å²) in [4.78, 5) is 27.1. The van der Waals surface area contributed by atoms with Crippen molar-refractivity contribution in [2.24, 2.45) is 5.92 Å². The molecule has 6 nitrogen and oxygen atoms in total. The van der Waals surface area contributed by atoms with Crippen molar-refractivity contribution in [1.82, 2.24) is 4.98 Å². The van der Waals surface area contributed by atoms with E-state index in [1.54, 1.807) is 6.20 Å². The first-order valence-corrected chi connectivity index (χ1v) is 7.86. The number of anilines is 1. The van der Waals surface area contributed by atoms with Gasteiger partial charge in [-0.05, 0) is 17.7 Å². The maximum absolute atomic E-state index is 11.8. The van der Waals surface area contributed by atoms with E-state index in [0.29, 0.717) is 23.0 Å². The summed E-state index contributed by atoms with van der Waals surface area (Å²) in [5.74, 6) is -0.854. The van der Waals surface area contributed by atoms with Gasteiger partial charge >= 0.3 is 0 Å². The molecule has 0 saturated heterocycles. The van der Waals surface area contributed by atoms with Gasteiger partial charge in [-0.15, -0.1) is 11.3 Å². The fourth-order valence-electron chi connectivity index (χ4n) is 2.14. The van der Waals surface area contributed by atoms with E-state index in [1.165, 1.54) is 11.3 Å². The molecule has 3 rings (SSSR count). The molecule has 0 aliphatic heterocycles. The van der Waals surface area contributed by atoms with Gasteiger partial charge in [0, 0.05) is 33.9 Å². The zero-order chi connectivity index (χ0) is 15.7. The van der Waals surface area contributed by atoms with Gasteiger partial charge in [-0.2, -0.15) is 0 Å². The molecule has 1 aromatic carbocycles. The maximum atomic E-state index is 11.8. The van der Waals surface area contributed by atoms with Crippen molar-refractivity contribution in [2.45, 2.75) is 18.9 Å². The van der Waals surface area contributed by atoms with Crippen LogP contribution in [-0.4, -0.2) is 21.9 Å². The van der Waals surface area contributed by atoms with Crippen LogP contribution in [0.5, 0.6) is 0 Å². The van der Waals surface area contributed by atoms with E-state index in [1.807, 2.05) is 24.3 Å². The van der Waals surface area contributed by atoms with E-state index in [2.05, 4.69) is 10.3 Å². The molecule has 1 aliphatic rings. The van der Waals surface area contributed by atoms with Crippen LogP contribution < -0.4 is 5.32 Å². The molecule has 2 atom stereocenters. The topological polar surface area (TPSA) is 85.1 Å². The van der Waals surface area contributed by atoms with Gasteiger partial charge < -0.3 is 5.32 Å². The molecular formula is C14H12ClN3O3S. The zero-order valence-electron chi connectivity index (χ0n) is 11.4. The molecule has 8 heteroatoms. The number of nitrogens with one attached hydrogen (secondary N) is 1. The number of hydrogen-bond donors (Lipinski definition) is 1. The largest absolute Gasteiger partial charge is 0.301 e. The Bertz CT molecular complexity index is 716. The molecule has 0 bridgehead atoms. The van der Waals surface area contributed by atoms with Gasteiger partial charge in [0.05, 0.1) is 0 Å². The molecule has 0 radical (unpaired) electrons. The molecule has 1 heterocycles. The first-order valence-electron chi connectivity index (χ1n) is 6.66. The highest BCUT2D eigenvalue weighted by Crippen LogP contribution is 2.34. The van der Waals surface area contributed by atoms with E-state index in [4.69, 9.17) is 11.6 Å². The third-order valence-electron chi connectivity index (χ3n) is 3.44. The van der Waals surface area contributed by atoms with Crippen molar-refractivity contribution >= 4 is 34.0 Å². The monoisotopic (exact) mass is 337 g/mol. The van der Waals surface area contributed by atoms with E-state index in [-0.39, 0.29) is 5.91 Å². The zero-order valence-corrected chi connectivity index (χ0v) is 12.9. The quantitative estimate of drug-likeness (QED) is 0.671. The van der Waals surface area contributed by atoms with Gasteiger partial charge in [0.1, 0.15) is 5.92 Å². The van der Waals surface area contributed by atoms with Crippen LogP contribution in [0.3, 0.4) is 0 Å². The molecule has 0 spiro atoms. The second kappa shape index (κ2) is 6.02. The van der Waals surface area contributed by atoms with Crippen molar-refractivity contribution in [3.8, 4) is 0 Å². The highest BCUT2D eigenvalue weighted by molar-refractivity contribution is 7.15. The molecule has 2 aromatic rings. The molecule has 1 amide bonds. The first kappa shape index (κ1) is 14.9. The number of carbonyl (C=O) groups is 1. The lowest BCUT2D eigenvalue weighted by Crippen LogP contribution is -2.18. The Labute approximate surface area is 135 Å². The van der Waals surface area contributed by atoms with Crippen LogP contribution in [0.25, 0.3) is 0 Å². The van der Waals surface area contributed by atoms with Crippen LogP contribution in [0.1, 0.15) is 16.9 Å². The molecule has 0 unspecified atom stereocenters. The molecule has 22 heavy (non-hydrogen) atoms. The predicted molar refractivity (Wildman–Crippen MR) is 83.9 cm³/mol. The number of aromatic nitrogens is 1. The summed E-state index contributed by atoms with van der Waals surface area (Å²) in [6, 6.07) is 6.78. The fourth-order valence-corrected chi connectivity index (χ4v) is 3.12. The molecule has 114 valence electrons. The minimum Gasteiger partial charge on any atom is -0.301 e. The van der Waals surface area contributed by atoms with Gasteiger partial charge in [-0.3, -0.25) is 14.9 Å². The van der Waals surface area contributed by atoms with Gasteiger partial charge in [0.2, 0.25) is 11.9 Å². The molecule has 1 N–H and O–H groups in total. The van der Waals surface area contributed by atoms with Crippen LogP contribution in [0, 0.1) is 16.0 Å². The number of hydrogen-bond acceptors (Lipinski definition) is 5. The SMILES string of the molecule is O=C(Nc1ncc(Cc2ccc(Cl)cc2)s1)[C@H]1C[C@@H]1[N+](=O)[O-]. The van der Waals surface area contributed by atoms with E-state index >= 15 is 0 Å². The predicted octanol–water partition coefficient (Wildman–Crippen LogP) is 2.99. The van der Waals surface area contributed by atoms with Crippen LogP contribution in [0.4, 0.5) is 5.13 Å². The highest BCUT2D eigenvalue weighted by Gasteiger charge is 2.53. The van der Waals surface area contributed by atoms with Crippen LogP contribution >= 0.6 is 22.9 Å². The van der Waals surface area contributed by atoms with Crippen LogP contribution in [0.2, 0.25) is 5.02 Å². The Morgan fingerprint density at radius 1 is 1.45 bits per heavy atom. The number of nitro groups is 1. The molecule has 1 aliphatic carbocycles. The van der Waals surface area contributed by atoms with Crippen LogP contribution in [0.15, 0.2) is 30.5 Å². The molecule has 1 aromatic heterocycles. The van der Waals surface area contributed by atoms with Gasteiger partial charge in [0.25, 0.3) is 0 Å². The normalized spacial score (nSPS) is 19.7. The Kier molecular flexibility index (Phi) is 4.08. The molecule has 1 fully saturated rings. The second-order valence-electron chi connectivity index (χ2n) is 5.12. The highest BCUT2D eigenvalue weighted by atomic mass is 35.5. The standard InChI is InChI=1S/C14H12ClN3O3S/c15-9-3-1-8(2-4-9)5-10-7-16-14(22-10)17-13(19)11-6-12(11)18(20)21/h1-4,7,11-12H,5-6H2,(H,16,17,19)/t11-,12-/m0/s1.